The van der Waals surface area contributed by atoms with E-state index in [0.29, 0.717) is 0 Å². The van der Waals surface area contributed by atoms with Gasteiger partial charge in [0.1, 0.15) is 0 Å². The van der Waals surface area contributed by atoms with Crippen molar-refractivity contribution in [1.82, 2.24) is 0 Å². The van der Waals surface area contributed by atoms with Crippen molar-refractivity contribution in [3.8, 4) is 0 Å². The third-order valence-electron chi connectivity index (χ3n) is 19.0. The first-order chi connectivity index (χ1) is 43.2. The summed E-state index contributed by atoms with van der Waals surface area (Å²) in [4.78, 5) is 15.3. The van der Waals surface area contributed by atoms with Gasteiger partial charge >= 0.3 is 0 Å². The second-order valence-corrected chi connectivity index (χ2v) is 31.2. The number of fused-ring (bicyclic) bond motifs is 8. The van der Waals surface area contributed by atoms with Crippen LogP contribution in [0.3, 0.4) is 0 Å². The van der Waals surface area contributed by atoms with Gasteiger partial charge in [-0.05, 0) is 181 Å². The van der Waals surface area contributed by atoms with Gasteiger partial charge in [-0.1, -0.05) is 245 Å². The number of hydrogen-bond acceptors (Lipinski definition) is 6. The maximum absolute atomic E-state index is 2.64. The minimum atomic E-state index is -0.0876. The lowest BCUT2D eigenvalue weighted by Crippen LogP contribution is -2.64. The molecule has 4 aliphatic heterocycles. The number of para-hydroxylation sites is 3. The monoisotopic (exact) mass is 1200 g/mol. The van der Waals surface area contributed by atoms with Crippen LogP contribution in [0.2, 0.25) is 0 Å². The minimum absolute atomic E-state index is 0.00245. The molecule has 11 aromatic rings. The first-order valence-electron chi connectivity index (χ1n) is 32.0. The van der Waals surface area contributed by atoms with E-state index in [1.165, 1.54) is 97.4 Å². The van der Waals surface area contributed by atoms with Crippen LogP contribution in [0, 0.1) is 0 Å². The molecule has 0 saturated heterocycles. The number of anilines is 12. The molecule has 4 nitrogen and oxygen atoms in total. The fraction of sp³-hybridized carbons (Fsp3) is 0.195. The molecule has 4 aliphatic rings. The maximum Gasteiger partial charge on any atom is 0.252 e. The zero-order chi connectivity index (χ0) is 62.2. The van der Waals surface area contributed by atoms with E-state index >= 15 is 0 Å². The Morgan fingerprint density at radius 3 is 1.08 bits per heavy atom. The van der Waals surface area contributed by atoms with Crippen molar-refractivity contribution < 1.29 is 0 Å². The van der Waals surface area contributed by atoms with Crippen LogP contribution < -0.4 is 52.4 Å². The van der Waals surface area contributed by atoms with Crippen LogP contribution in [0.1, 0.15) is 105 Å². The van der Waals surface area contributed by atoms with Crippen molar-refractivity contribution in [2.45, 2.75) is 124 Å². The fourth-order valence-corrected chi connectivity index (χ4v) is 16.7. The van der Waals surface area contributed by atoms with E-state index < -0.39 is 0 Å². The van der Waals surface area contributed by atoms with Gasteiger partial charge in [0.25, 0.3) is 6.71 Å². The molecule has 8 heteroatoms. The van der Waals surface area contributed by atoms with Gasteiger partial charge in [0.2, 0.25) is 6.71 Å². The molecule has 0 atom stereocenters. The molecule has 0 aliphatic carbocycles. The van der Waals surface area contributed by atoms with Gasteiger partial charge in [-0.25, -0.2) is 0 Å². The van der Waals surface area contributed by atoms with Crippen molar-refractivity contribution in [1.29, 1.82) is 0 Å². The van der Waals surface area contributed by atoms with E-state index in [0.717, 1.165) is 45.5 Å². The lowest BCUT2D eigenvalue weighted by Gasteiger charge is -2.45. The molecule has 0 saturated carbocycles. The number of nitrogens with zero attached hydrogens (tertiary/aromatic N) is 4. The second kappa shape index (κ2) is 21.6. The molecule has 15 rings (SSSR count). The molecule has 11 aromatic carbocycles. The number of benzene rings is 11. The van der Waals surface area contributed by atoms with Gasteiger partial charge < -0.3 is 19.6 Å². The van der Waals surface area contributed by atoms with Gasteiger partial charge in [0, 0.05) is 82.1 Å². The minimum Gasteiger partial charge on any atom is -0.311 e. The van der Waals surface area contributed by atoms with E-state index in [9.17, 15) is 0 Å². The van der Waals surface area contributed by atoms with Crippen LogP contribution in [0.25, 0.3) is 0 Å². The summed E-state index contributed by atoms with van der Waals surface area (Å²) in [6, 6.07) is 93.0. The van der Waals surface area contributed by atoms with E-state index in [1.807, 2.05) is 23.5 Å². The summed E-state index contributed by atoms with van der Waals surface area (Å²) < 4.78 is 0. The maximum atomic E-state index is 2.64. The Bertz CT molecular complexity index is 4460. The number of hydrogen-bond donors (Lipinski definition) is 0. The molecular weight excluding hydrogens is 1130 g/mol. The summed E-state index contributed by atoms with van der Waals surface area (Å²) in [7, 11) is 0. The topological polar surface area (TPSA) is 13.0 Å². The third kappa shape index (κ3) is 9.97. The van der Waals surface area contributed by atoms with Gasteiger partial charge in [-0.3, -0.25) is 0 Å². The summed E-state index contributed by atoms with van der Waals surface area (Å²) >= 11 is 3.87. The Kier molecular flexibility index (Phi) is 13.9. The first-order valence-corrected chi connectivity index (χ1v) is 33.6. The molecule has 90 heavy (non-hydrogen) atoms. The largest absolute Gasteiger partial charge is 0.311 e. The Morgan fingerprint density at radius 1 is 0.267 bits per heavy atom. The van der Waals surface area contributed by atoms with Crippen LogP contribution in [-0.4, -0.2) is 13.4 Å². The van der Waals surface area contributed by atoms with E-state index in [4.69, 9.17) is 0 Å². The molecule has 0 amide bonds. The van der Waals surface area contributed by atoms with Gasteiger partial charge in [0.15, 0.2) is 0 Å². The lowest BCUT2D eigenvalue weighted by molar-refractivity contribution is 0.590. The average molecular weight is 1200 g/mol. The van der Waals surface area contributed by atoms with Crippen LogP contribution in [0.15, 0.2) is 262 Å². The predicted octanol–water partition coefficient (Wildman–Crippen LogP) is 19.3. The van der Waals surface area contributed by atoms with Crippen molar-refractivity contribution in [3.63, 3.8) is 0 Å². The molecular formula is C82H76B2N4S2. The molecule has 4 heterocycles. The third-order valence-corrected chi connectivity index (χ3v) is 21.2. The van der Waals surface area contributed by atoms with Crippen LogP contribution in [-0.2, 0) is 21.7 Å². The van der Waals surface area contributed by atoms with Crippen molar-refractivity contribution in [2.75, 3.05) is 19.6 Å². The molecule has 0 radical (unpaired) electrons. The Balaban J connectivity index is 0.974. The molecule has 0 fully saturated rings. The smallest absolute Gasteiger partial charge is 0.252 e. The molecule has 0 unspecified atom stereocenters. The summed E-state index contributed by atoms with van der Waals surface area (Å²) in [6.45, 7) is 27.5. The summed E-state index contributed by atoms with van der Waals surface area (Å²) in [6.07, 6.45) is 0. The van der Waals surface area contributed by atoms with Crippen LogP contribution in [0.4, 0.5) is 68.2 Å². The second-order valence-electron chi connectivity index (χ2n) is 29.1. The SMILES string of the molecule is CC(C)(C)c1ccc(N(c2ccc(C(C)(C)C)cc2)c2cc3c4c(c2)Sc2cc5c(cc2B4c2ccccc2S3)B2c3ccccc3N(c3ccccc3)c3cc(N(c4ccc(C(C)(C)C)cc4)c4ccc(C(C)(C)C)cc4)cc(c32)N5c2ccccc2)cc1. The standard InChI is InChI=1S/C82H76B2N4S2/c1-79(2,3)53-31-39-59(40-32-53)85(60-41-33-54(34-42-60)80(4,5)6)63-47-71-77-72(48-63)88(58-25-17-14-18-26-58)70-52-74-68(51-67(70)83(77)65-27-19-21-29-69(65)87(71)57-23-15-13-16-24-57)84-66-28-20-22-30-73(66)89-75-49-64(50-76(90-74)78(75)84)86(61-43-35-55(36-44-61)81(7,8)9)62-45-37-56(38-46-62)82(10,11)12/h13-52H,1-12H3. The first kappa shape index (κ1) is 57.9. The summed E-state index contributed by atoms with van der Waals surface area (Å²) in [5.74, 6) is 0. The van der Waals surface area contributed by atoms with E-state index in [2.05, 4.69) is 345 Å². The summed E-state index contributed by atoms with van der Waals surface area (Å²) in [5, 5.41) is 0. The highest BCUT2D eigenvalue weighted by atomic mass is 32.2. The highest BCUT2D eigenvalue weighted by Gasteiger charge is 2.47. The summed E-state index contributed by atoms with van der Waals surface area (Å²) in [5.41, 5.74) is 27.0. The molecule has 0 N–H and O–H groups in total. The van der Waals surface area contributed by atoms with Crippen LogP contribution >= 0.6 is 23.5 Å². The zero-order valence-electron chi connectivity index (χ0n) is 53.9. The van der Waals surface area contributed by atoms with E-state index in [-0.39, 0.29) is 35.1 Å². The average Bonchev–Trinajstić information content (AvgIpc) is 0.694. The van der Waals surface area contributed by atoms with Crippen LogP contribution in [0.5, 0.6) is 0 Å². The molecule has 442 valence electrons. The Labute approximate surface area is 543 Å². The highest BCUT2D eigenvalue weighted by molar-refractivity contribution is 8.01. The van der Waals surface area contributed by atoms with Crippen molar-refractivity contribution in [2.24, 2.45) is 0 Å². The van der Waals surface area contributed by atoms with Crippen molar-refractivity contribution >= 4 is 138 Å². The predicted molar refractivity (Wildman–Crippen MR) is 390 cm³/mol. The normalized spacial score (nSPS) is 13.8. The van der Waals surface area contributed by atoms with Crippen molar-refractivity contribution in [3.05, 3.63) is 265 Å². The van der Waals surface area contributed by atoms with Gasteiger partial charge in [-0.15, -0.1) is 0 Å². The zero-order valence-corrected chi connectivity index (χ0v) is 55.5. The highest BCUT2D eigenvalue weighted by Crippen LogP contribution is 2.51. The lowest BCUT2D eigenvalue weighted by atomic mass is 9.31. The molecule has 0 bridgehead atoms. The number of rotatable bonds is 8. The molecule has 0 aromatic heterocycles. The Hall–Kier alpha value is -8.55. The van der Waals surface area contributed by atoms with Gasteiger partial charge in [-0.2, -0.15) is 0 Å². The van der Waals surface area contributed by atoms with Gasteiger partial charge in [0.05, 0.1) is 5.69 Å². The fourth-order valence-electron chi connectivity index (χ4n) is 14.2. The molecule has 0 spiro atoms. The Morgan fingerprint density at radius 2 is 0.633 bits per heavy atom. The quantitative estimate of drug-likeness (QED) is 0.140. The van der Waals surface area contributed by atoms with E-state index in [1.54, 1.807) is 0 Å².